The van der Waals surface area contributed by atoms with Crippen LogP contribution in [0.1, 0.15) is 23.1 Å². The van der Waals surface area contributed by atoms with Crippen molar-refractivity contribution in [3.8, 4) is 0 Å². The van der Waals surface area contributed by atoms with E-state index in [-0.39, 0.29) is 18.3 Å². The maximum absolute atomic E-state index is 11.7. The summed E-state index contributed by atoms with van der Waals surface area (Å²) in [5.41, 5.74) is 3.75. The lowest BCUT2D eigenvalue weighted by atomic mass is 9.98. The first-order valence-corrected chi connectivity index (χ1v) is 10.3. The van der Waals surface area contributed by atoms with Gasteiger partial charge in [-0.2, -0.15) is 0 Å². The number of ketones is 1. The minimum atomic E-state index is -0.906. The summed E-state index contributed by atoms with van der Waals surface area (Å²) in [6.45, 7) is 4.44. The zero-order valence-electron chi connectivity index (χ0n) is 17.9. The zero-order chi connectivity index (χ0) is 21.6. The van der Waals surface area contributed by atoms with Gasteiger partial charge in [-0.3, -0.25) is 4.79 Å². The standard InChI is InChI=1S/C26H29NO3/c1-20-15-21(2)17-22(16-20)9-10-23(18-28)19-30-26(13-11-25(29)12-14-26)27(3)24-7-5-4-6-8-24/h4-8,11-18,23H,9-10,19H2,1-3H3. The molecule has 0 amide bonds. The zero-order valence-corrected chi connectivity index (χ0v) is 17.9. The van der Waals surface area contributed by atoms with Gasteiger partial charge in [0.25, 0.3) is 0 Å². The molecule has 1 aliphatic carbocycles. The van der Waals surface area contributed by atoms with Crippen molar-refractivity contribution in [2.24, 2.45) is 5.92 Å². The van der Waals surface area contributed by atoms with Gasteiger partial charge < -0.3 is 14.4 Å². The average Bonchev–Trinajstić information content (AvgIpc) is 2.75. The Kier molecular flexibility index (Phi) is 7.01. The Labute approximate surface area is 178 Å². The molecule has 1 aliphatic rings. The summed E-state index contributed by atoms with van der Waals surface area (Å²) in [6.07, 6.45) is 9.06. The quantitative estimate of drug-likeness (QED) is 0.454. The average molecular weight is 404 g/mol. The maximum atomic E-state index is 11.7. The fourth-order valence-electron chi connectivity index (χ4n) is 3.78. The van der Waals surface area contributed by atoms with Crippen molar-refractivity contribution in [1.82, 2.24) is 0 Å². The Bertz CT molecular complexity index is 910. The molecule has 0 spiro atoms. The number of hydrogen-bond donors (Lipinski definition) is 0. The van der Waals surface area contributed by atoms with Crippen LogP contribution in [0.25, 0.3) is 0 Å². The highest BCUT2D eigenvalue weighted by Gasteiger charge is 2.33. The fourth-order valence-corrected chi connectivity index (χ4v) is 3.78. The van der Waals surface area contributed by atoms with Crippen LogP contribution in [0.3, 0.4) is 0 Å². The van der Waals surface area contributed by atoms with E-state index in [0.29, 0.717) is 6.42 Å². The van der Waals surface area contributed by atoms with E-state index in [1.165, 1.54) is 28.8 Å². The Morgan fingerprint density at radius 1 is 1.03 bits per heavy atom. The predicted molar refractivity (Wildman–Crippen MR) is 121 cm³/mol. The van der Waals surface area contributed by atoms with Gasteiger partial charge >= 0.3 is 0 Å². The predicted octanol–water partition coefficient (Wildman–Crippen LogP) is 4.60. The number of anilines is 1. The van der Waals surface area contributed by atoms with Crippen LogP contribution in [-0.2, 0) is 20.7 Å². The molecule has 0 aromatic heterocycles. The highest BCUT2D eigenvalue weighted by atomic mass is 16.5. The van der Waals surface area contributed by atoms with Gasteiger partial charge in [-0.25, -0.2) is 0 Å². The molecule has 0 aliphatic heterocycles. The number of allylic oxidation sites excluding steroid dienone is 2. The Morgan fingerprint density at radius 3 is 2.27 bits per heavy atom. The van der Waals surface area contributed by atoms with Crippen molar-refractivity contribution in [1.29, 1.82) is 0 Å². The lowest BCUT2D eigenvalue weighted by molar-refractivity contribution is -0.115. The van der Waals surface area contributed by atoms with Crippen molar-refractivity contribution in [2.45, 2.75) is 32.4 Å². The van der Waals surface area contributed by atoms with E-state index >= 15 is 0 Å². The first-order valence-electron chi connectivity index (χ1n) is 10.3. The molecule has 0 heterocycles. The lowest BCUT2D eigenvalue weighted by Crippen LogP contribution is -2.48. The minimum Gasteiger partial charge on any atom is -0.348 e. The summed E-state index contributed by atoms with van der Waals surface area (Å²) in [5.74, 6) is -0.302. The van der Waals surface area contributed by atoms with E-state index in [1.54, 1.807) is 12.2 Å². The number of para-hydroxylation sites is 1. The molecule has 4 nitrogen and oxygen atoms in total. The van der Waals surface area contributed by atoms with E-state index in [0.717, 1.165) is 18.4 Å². The van der Waals surface area contributed by atoms with Crippen molar-refractivity contribution >= 4 is 17.8 Å². The number of nitrogens with zero attached hydrogens (tertiary/aromatic N) is 1. The molecule has 0 saturated carbocycles. The molecule has 0 bridgehead atoms. The summed E-state index contributed by atoms with van der Waals surface area (Å²) in [4.78, 5) is 25.4. The van der Waals surface area contributed by atoms with Crippen molar-refractivity contribution < 1.29 is 14.3 Å². The van der Waals surface area contributed by atoms with Gasteiger partial charge in [0.05, 0.1) is 6.61 Å². The molecule has 1 unspecified atom stereocenters. The van der Waals surface area contributed by atoms with Gasteiger partial charge in [-0.05, 0) is 68.7 Å². The van der Waals surface area contributed by atoms with E-state index in [4.69, 9.17) is 4.74 Å². The maximum Gasteiger partial charge on any atom is 0.180 e. The number of hydrogen-bond acceptors (Lipinski definition) is 4. The summed E-state index contributed by atoms with van der Waals surface area (Å²) in [5, 5.41) is 0. The largest absolute Gasteiger partial charge is 0.348 e. The van der Waals surface area contributed by atoms with E-state index in [1.807, 2.05) is 42.3 Å². The van der Waals surface area contributed by atoms with Crippen LogP contribution in [0.2, 0.25) is 0 Å². The summed E-state index contributed by atoms with van der Waals surface area (Å²) in [6, 6.07) is 16.3. The highest BCUT2D eigenvalue weighted by molar-refractivity contribution is 6.00. The van der Waals surface area contributed by atoms with Crippen LogP contribution in [0.4, 0.5) is 5.69 Å². The molecule has 1 atom stereocenters. The van der Waals surface area contributed by atoms with Crippen LogP contribution in [0.5, 0.6) is 0 Å². The molecule has 2 aromatic carbocycles. The first kappa shape index (κ1) is 21.7. The minimum absolute atomic E-state index is 0.0718. The second kappa shape index (κ2) is 9.68. The summed E-state index contributed by atoms with van der Waals surface area (Å²) in [7, 11) is 1.92. The number of rotatable bonds is 9. The smallest absolute Gasteiger partial charge is 0.180 e. The third kappa shape index (κ3) is 5.33. The van der Waals surface area contributed by atoms with Gasteiger partial charge in [0.1, 0.15) is 6.29 Å². The Balaban J connectivity index is 1.71. The second-order valence-corrected chi connectivity index (χ2v) is 7.96. The SMILES string of the molecule is Cc1cc(C)cc(CCC(C=O)COC2(N(C)c3ccccc3)C=CC(=O)C=C2)c1. The van der Waals surface area contributed by atoms with Crippen LogP contribution in [0, 0.1) is 19.8 Å². The van der Waals surface area contributed by atoms with Crippen LogP contribution in [-0.4, -0.2) is 31.4 Å². The van der Waals surface area contributed by atoms with Crippen molar-refractivity contribution in [3.05, 3.63) is 89.5 Å². The molecule has 0 radical (unpaired) electrons. The number of likely N-dealkylation sites (N-methyl/N-ethyl adjacent to an activating group) is 1. The number of carbonyl (C=O) groups excluding carboxylic acids is 2. The Hall–Kier alpha value is -2.98. The van der Waals surface area contributed by atoms with E-state index < -0.39 is 5.72 Å². The third-order valence-corrected chi connectivity index (χ3v) is 5.45. The Morgan fingerprint density at radius 2 is 1.67 bits per heavy atom. The normalized spacial score (nSPS) is 15.8. The third-order valence-electron chi connectivity index (χ3n) is 5.45. The molecular formula is C26H29NO3. The second-order valence-electron chi connectivity index (χ2n) is 7.96. The number of carbonyl (C=O) groups is 2. The molecule has 156 valence electrons. The van der Waals surface area contributed by atoms with Gasteiger partial charge in [0.2, 0.25) is 0 Å². The monoisotopic (exact) mass is 403 g/mol. The molecular weight excluding hydrogens is 374 g/mol. The van der Waals surface area contributed by atoms with Gasteiger partial charge in [-0.1, -0.05) is 47.5 Å². The number of ether oxygens (including phenoxy) is 1. The topological polar surface area (TPSA) is 46.6 Å². The molecule has 30 heavy (non-hydrogen) atoms. The molecule has 3 rings (SSSR count). The van der Waals surface area contributed by atoms with E-state index in [2.05, 4.69) is 32.0 Å². The van der Waals surface area contributed by atoms with Gasteiger partial charge in [0.15, 0.2) is 11.5 Å². The number of aryl methyl sites for hydroxylation is 3. The van der Waals surface area contributed by atoms with Crippen LogP contribution in [0.15, 0.2) is 72.8 Å². The highest BCUT2D eigenvalue weighted by Crippen LogP contribution is 2.29. The number of benzene rings is 2. The first-order chi connectivity index (χ1) is 14.4. The summed E-state index contributed by atoms with van der Waals surface area (Å²) < 4.78 is 6.29. The molecule has 0 N–H and O–H groups in total. The summed E-state index contributed by atoms with van der Waals surface area (Å²) >= 11 is 0. The number of aldehydes is 1. The van der Waals surface area contributed by atoms with E-state index in [9.17, 15) is 9.59 Å². The molecule has 0 saturated heterocycles. The van der Waals surface area contributed by atoms with Gasteiger partial charge in [0, 0.05) is 18.7 Å². The van der Waals surface area contributed by atoms with Crippen LogP contribution >= 0.6 is 0 Å². The fraction of sp³-hybridized carbons (Fsp3) is 0.308. The van der Waals surface area contributed by atoms with Gasteiger partial charge in [-0.15, -0.1) is 0 Å². The molecule has 4 heteroatoms. The van der Waals surface area contributed by atoms with Crippen molar-refractivity contribution in [3.63, 3.8) is 0 Å². The lowest BCUT2D eigenvalue weighted by Gasteiger charge is -2.40. The van der Waals surface area contributed by atoms with Crippen LogP contribution < -0.4 is 4.90 Å². The molecule has 2 aromatic rings. The molecule has 0 fully saturated rings. The van der Waals surface area contributed by atoms with Crippen molar-refractivity contribution in [2.75, 3.05) is 18.6 Å².